The minimum absolute atomic E-state index is 0.125. The summed E-state index contributed by atoms with van der Waals surface area (Å²) < 4.78 is 0. The quantitative estimate of drug-likeness (QED) is 0.809. The van der Waals surface area contributed by atoms with Crippen molar-refractivity contribution in [2.24, 2.45) is 17.8 Å². The Labute approximate surface area is 115 Å². The molecule has 0 spiro atoms. The number of rotatable bonds is 2. The van der Waals surface area contributed by atoms with E-state index in [-0.39, 0.29) is 6.10 Å². The molecule has 3 aliphatic rings. The summed E-state index contributed by atoms with van der Waals surface area (Å²) in [5, 5.41) is 9.91. The van der Waals surface area contributed by atoms with Gasteiger partial charge >= 0.3 is 0 Å². The van der Waals surface area contributed by atoms with Gasteiger partial charge in [-0.05, 0) is 37.5 Å². The topological polar surface area (TPSA) is 43.8 Å². The first kappa shape index (κ1) is 13.4. The first-order chi connectivity index (χ1) is 9.13. The second kappa shape index (κ2) is 5.41. The van der Waals surface area contributed by atoms with Crippen LogP contribution in [0.5, 0.6) is 0 Å². The van der Waals surface area contributed by atoms with Crippen LogP contribution in [0.25, 0.3) is 0 Å². The van der Waals surface area contributed by atoms with Crippen LogP contribution < -0.4 is 0 Å². The molecule has 1 aliphatic carbocycles. The zero-order chi connectivity index (χ0) is 13.4. The number of amides is 1. The summed E-state index contributed by atoms with van der Waals surface area (Å²) in [4.78, 5) is 16.6. The van der Waals surface area contributed by atoms with Gasteiger partial charge < -0.3 is 10.0 Å². The standard InChI is InChI=1S/C15H26N2O2/c1-11-3-2-6-17(7-11)15(19)10-16-8-12-4-5-14(18)13(12)9-16/h11-14,18H,2-10H2,1H3. The number of aliphatic hydroxyl groups is 1. The van der Waals surface area contributed by atoms with Crippen LogP contribution >= 0.6 is 0 Å². The number of carbonyl (C=O) groups is 1. The molecule has 108 valence electrons. The molecular weight excluding hydrogens is 240 g/mol. The number of fused-ring (bicyclic) bond motifs is 1. The van der Waals surface area contributed by atoms with E-state index in [4.69, 9.17) is 0 Å². The van der Waals surface area contributed by atoms with E-state index in [0.717, 1.165) is 45.4 Å². The molecule has 4 heteroatoms. The van der Waals surface area contributed by atoms with Gasteiger partial charge in [0.15, 0.2) is 0 Å². The van der Waals surface area contributed by atoms with E-state index in [0.29, 0.717) is 30.2 Å². The Morgan fingerprint density at radius 2 is 2.05 bits per heavy atom. The van der Waals surface area contributed by atoms with Gasteiger partial charge in [-0.25, -0.2) is 0 Å². The first-order valence-corrected chi connectivity index (χ1v) is 7.81. The zero-order valence-corrected chi connectivity index (χ0v) is 11.9. The number of carbonyl (C=O) groups excluding carboxylic acids is 1. The van der Waals surface area contributed by atoms with Gasteiger partial charge in [0.1, 0.15) is 0 Å². The van der Waals surface area contributed by atoms with Gasteiger partial charge in [0, 0.05) is 32.1 Å². The average Bonchev–Trinajstić information content (AvgIpc) is 2.92. The van der Waals surface area contributed by atoms with Crippen molar-refractivity contribution in [3.05, 3.63) is 0 Å². The summed E-state index contributed by atoms with van der Waals surface area (Å²) >= 11 is 0. The highest BCUT2D eigenvalue weighted by atomic mass is 16.3. The number of nitrogens with zero attached hydrogens (tertiary/aromatic N) is 2. The van der Waals surface area contributed by atoms with Crippen molar-refractivity contribution in [3.8, 4) is 0 Å². The van der Waals surface area contributed by atoms with Crippen LogP contribution in [0.1, 0.15) is 32.6 Å². The van der Waals surface area contributed by atoms with Gasteiger partial charge in [-0.3, -0.25) is 9.69 Å². The highest BCUT2D eigenvalue weighted by Gasteiger charge is 2.42. The molecule has 0 bridgehead atoms. The Kier molecular flexibility index (Phi) is 3.81. The molecule has 0 aromatic carbocycles. The predicted molar refractivity (Wildman–Crippen MR) is 73.6 cm³/mol. The van der Waals surface area contributed by atoms with E-state index in [2.05, 4.69) is 11.8 Å². The molecule has 2 aliphatic heterocycles. The van der Waals surface area contributed by atoms with Gasteiger partial charge in [0.05, 0.1) is 12.6 Å². The van der Waals surface area contributed by atoms with Crippen molar-refractivity contribution < 1.29 is 9.90 Å². The summed E-state index contributed by atoms with van der Waals surface area (Å²) in [5.74, 6) is 2.00. The molecule has 1 saturated carbocycles. The minimum Gasteiger partial charge on any atom is -0.393 e. The molecule has 2 heterocycles. The maximum Gasteiger partial charge on any atom is 0.236 e. The third-order valence-corrected chi connectivity index (χ3v) is 5.26. The van der Waals surface area contributed by atoms with Crippen LogP contribution in [0.2, 0.25) is 0 Å². The number of likely N-dealkylation sites (tertiary alicyclic amines) is 2. The second-order valence-corrected chi connectivity index (χ2v) is 6.85. The van der Waals surface area contributed by atoms with Crippen molar-refractivity contribution in [1.29, 1.82) is 0 Å². The lowest BCUT2D eigenvalue weighted by Gasteiger charge is -2.32. The van der Waals surface area contributed by atoms with E-state index >= 15 is 0 Å². The molecule has 0 aromatic rings. The molecule has 4 nitrogen and oxygen atoms in total. The fourth-order valence-electron chi connectivity index (χ4n) is 4.17. The molecular formula is C15H26N2O2. The summed E-state index contributed by atoms with van der Waals surface area (Å²) in [6.07, 6.45) is 4.37. The third kappa shape index (κ3) is 2.79. The minimum atomic E-state index is -0.125. The van der Waals surface area contributed by atoms with Crippen molar-refractivity contribution in [2.75, 3.05) is 32.7 Å². The number of hydrogen-bond acceptors (Lipinski definition) is 3. The number of hydrogen-bond donors (Lipinski definition) is 1. The van der Waals surface area contributed by atoms with Crippen molar-refractivity contribution in [1.82, 2.24) is 9.80 Å². The Hall–Kier alpha value is -0.610. The lowest BCUT2D eigenvalue weighted by molar-refractivity contribution is -0.134. The Bertz CT molecular complexity index is 347. The molecule has 3 fully saturated rings. The highest BCUT2D eigenvalue weighted by Crippen LogP contribution is 2.37. The smallest absolute Gasteiger partial charge is 0.236 e. The number of aliphatic hydroxyl groups excluding tert-OH is 1. The van der Waals surface area contributed by atoms with Crippen LogP contribution in [0.4, 0.5) is 0 Å². The lowest BCUT2D eigenvalue weighted by Crippen LogP contribution is -2.44. The van der Waals surface area contributed by atoms with Crippen LogP contribution in [-0.2, 0) is 4.79 Å². The molecule has 19 heavy (non-hydrogen) atoms. The van der Waals surface area contributed by atoms with Gasteiger partial charge in [0.25, 0.3) is 0 Å². The molecule has 3 rings (SSSR count). The first-order valence-electron chi connectivity index (χ1n) is 7.81. The number of piperidine rings is 1. The predicted octanol–water partition coefficient (Wildman–Crippen LogP) is 0.948. The van der Waals surface area contributed by atoms with Crippen LogP contribution in [0.15, 0.2) is 0 Å². The fraction of sp³-hybridized carbons (Fsp3) is 0.933. The SMILES string of the molecule is CC1CCCN(C(=O)CN2CC3CCC(O)C3C2)C1. The Balaban J connectivity index is 1.50. The van der Waals surface area contributed by atoms with Gasteiger partial charge in [0.2, 0.25) is 5.91 Å². The molecule has 1 amide bonds. The largest absolute Gasteiger partial charge is 0.393 e. The highest BCUT2D eigenvalue weighted by molar-refractivity contribution is 5.78. The third-order valence-electron chi connectivity index (χ3n) is 5.26. The maximum absolute atomic E-state index is 12.3. The summed E-state index contributed by atoms with van der Waals surface area (Å²) in [5.41, 5.74) is 0. The average molecular weight is 266 g/mol. The Morgan fingerprint density at radius 3 is 2.79 bits per heavy atom. The van der Waals surface area contributed by atoms with Crippen LogP contribution in [0, 0.1) is 17.8 Å². The second-order valence-electron chi connectivity index (χ2n) is 6.85. The maximum atomic E-state index is 12.3. The molecule has 2 saturated heterocycles. The van der Waals surface area contributed by atoms with Crippen molar-refractivity contribution in [2.45, 2.75) is 38.7 Å². The normalized spacial score (nSPS) is 39.6. The van der Waals surface area contributed by atoms with Crippen molar-refractivity contribution >= 4 is 5.91 Å². The lowest BCUT2D eigenvalue weighted by atomic mass is 10.00. The zero-order valence-electron chi connectivity index (χ0n) is 11.9. The summed E-state index contributed by atoms with van der Waals surface area (Å²) in [6, 6.07) is 0. The van der Waals surface area contributed by atoms with Crippen LogP contribution in [0.3, 0.4) is 0 Å². The monoisotopic (exact) mass is 266 g/mol. The fourth-order valence-corrected chi connectivity index (χ4v) is 4.17. The van der Waals surface area contributed by atoms with Gasteiger partial charge in [-0.1, -0.05) is 6.92 Å². The van der Waals surface area contributed by atoms with Gasteiger partial charge in [-0.2, -0.15) is 0 Å². The molecule has 0 aromatic heterocycles. The van der Waals surface area contributed by atoms with E-state index in [1.165, 1.54) is 6.42 Å². The van der Waals surface area contributed by atoms with Crippen molar-refractivity contribution in [3.63, 3.8) is 0 Å². The molecule has 0 radical (unpaired) electrons. The summed E-state index contributed by atoms with van der Waals surface area (Å²) in [7, 11) is 0. The van der Waals surface area contributed by atoms with E-state index in [1.54, 1.807) is 0 Å². The van der Waals surface area contributed by atoms with Crippen LogP contribution in [-0.4, -0.2) is 59.6 Å². The van der Waals surface area contributed by atoms with Gasteiger partial charge in [-0.15, -0.1) is 0 Å². The summed E-state index contributed by atoms with van der Waals surface area (Å²) in [6.45, 7) is 6.59. The molecule has 4 atom stereocenters. The Morgan fingerprint density at radius 1 is 1.21 bits per heavy atom. The van der Waals surface area contributed by atoms with E-state index < -0.39 is 0 Å². The molecule has 1 N–H and O–H groups in total. The molecule has 4 unspecified atom stereocenters. The van der Waals surface area contributed by atoms with E-state index in [9.17, 15) is 9.90 Å². The van der Waals surface area contributed by atoms with E-state index in [1.807, 2.05) is 4.90 Å².